The molecule has 1 aromatic heterocycles. The number of rotatable bonds is 2. The lowest BCUT2D eigenvalue weighted by molar-refractivity contribution is -0.0269. The molecule has 0 bridgehead atoms. The summed E-state index contributed by atoms with van der Waals surface area (Å²) in [7, 11) is 0. The van der Waals surface area contributed by atoms with Crippen molar-refractivity contribution in [1.82, 2.24) is 10.2 Å². The van der Waals surface area contributed by atoms with E-state index in [0.29, 0.717) is 5.82 Å². The summed E-state index contributed by atoms with van der Waals surface area (Å²) in [5, 5.41) is 8.36. The van der Waals surface area contributed by atoms with Crippen molar-refractivity contribution in [2.45, 2.75) is 51.9 Å². The Hall–Kier alpha value is -1.26. The second-order valence-electron chi connectivity index (χ2n) is 6.62. The Labute approximate surface area is 113 Å². The smallest absolute Gasteiger partial charge is 0.282 e. The number of halogens is 2. The highest BCUT2D eigenvalue weighted by Gasteiger charge is 2.46. The van der Waals surface area contributed by atoms with Gasteiger partial charge in [0, 0.05) is 5.56 Å². The Kier molecular flexibility index (Phi) is 3.27. The van der Waals surface area contributed by atoms with Crippen LogP contribution in [0.1, 0.15) is 51.8 Å². The number of alkyl halides is 2. The minimum Gasteiger partial charge on any atom is -0.343 e. The predicted octanol–water partition coefficient (Wildman–Crippen LogP) is 3.35. The van der Waals surface area contributed by atoms with Crippen molar-refractivity contribution >= 4 is 5.82 Å². The third-order valence-corrected chi connectivity index (χ3v) is 3.34. The van der Waals surface area contributed by atoms with Gasteiger partial charge in [0.1, 0.15) is 0 Å². The predicted molar refractivity (Wildman–Crippen MR) is 72.0 cm³/mol. The maximum atomic E-state index is 13.0. The van der Waals surface area contributed by atoms with Gasteiger partial charge in [-0.05, 0) is 17.4 Å². The second kappa shape index (κ2) is 4.39. The summed E-state index contributed by atoms with van der Waals surface area (Å²) in [5.74, 6) is -1.71. The van der Waals surface area contributed by atoms with Crippen LogP contribution in [-0.4, -0.2) is 29.2 Å². The van der Waals surface area contributed by atoms with Crippen molar-refractivity contribution < 1.29 is 8.78 Å². The van der Waals surface area contributed by atoms with Crippen LogP contribution in [-0.2, 0) is 5.41 Å². The van der Waals surface area contributed by atoms with E-state index >= 15 is 0 Å². The number of nitrogens with zero attached hydrogens (tertiary/aromatic N) is 3. The number of hydrogen-bond acceptors (Lipinski definition) is 3. The summed E-state index contributed by atoms with van der Waals surface area (Å²) in [5.41, 5.74) is 1.75. The molecule has 0 aliphatic carbocycles. The van der Waals surface area contributed by atoms with Crippen LogP contribution in [0.2, 0.25) is 0 Å². The molecule has 2 heterocycles. The summed E-state index contributed by atoms with van der Waals surface area (Å²) in [4.78, 5) is 1.61. The third kappa shape index (κ3) is 2.85. The van der Waals surface area contributed by atoms with Crippen LogP contribution in [0.3, 0.4) is 0 Å². The molecule has 1 fully saturated rings. The first-order valence-corrected chi connectivity index (χ1v) is 6.61. The maximum Gasteiger partial charge on any atom is 0.282 e. The molecular weight excluding hydrogens is 248 g/mol. The molecular formula is C14H21F2N3. The first-order chi connectivity index (χ1) is 8.60. The molecule has 1 aliphatic heterocycles. The zero-order valence-electron chi connectivity index (χ0n) is 12.2. The van der Waals surface area contributed by atoms with Gasteiger partial charge in [0.2, 0.25) is 0 Å². The Morgan fingerprint density at radius 3 is 2.21 bits per heavy atom. The summed E-state index contributed by atoms with van der Waals surface area (Å²) < 4.78 is 26.0. The SMILES string of the molecule is CC(C)c1cc(C(C)(C)C)c(N2CC(F)(F)C2)nn1. The minimum absolute atomic E-state index is 0.139. The fourth-order valence-corrected chi connectivity index (χ4v) is 2.13. The average molecular weight is 269 g/mol. The fourth-order valence-electron chi connectivity index (χ4n) is 2.13. The molecule has 1 aliphatic rings. The summed E-state index contributed by atoms with van der Waals surface area (Å²) in [6.45, 7) is 9.78. The lowest BCUT2D eigenvalue weighted by Gasteiger charge is -2.41. The van der Waals surface area contributed by atoms with Gasteiger partial charge in [0.15, 0.2) is 5.82 Å². The van der Waals surface area contributed by atoms with E-state index < -0.39 is 5.92 Å². The zero-order valence-corrected chi connectivity index (χ0v) is 12.2. The van der Waals surface area contributed by atoms with Gasteiger partial charge in [0.25, 0.3) is 5.92 Å². The fraction of sp³-hybridized carbons (Fsp3) is 0.714. The highest BCUT2D eigenvalue weighted by molar-refractivity contribution is 5.53. The normalized spacial score (nSPS) is 18.6. The van der Waals surface area contributed by atoms with E-state index in [0.717, 1.165) is 11.3 Å². The van der Waals surface area contributed by atoms with Gasteiger partial charge in [-0.3, -0.25) is 0 Å². The van der Waals surface area contributed by atoms with Gasteiger partial charge in [-0.1, -0.05) is 34.6 Å². The number of anilines is 1. The quantitative estimate of drug-likeness (QED) is 0.824. The van der Waals surface area contributed by atoms with Gasteiger partial charge >= 0.3 is 0 Å². The Balaban J connectivity index is 2.38. The largest absolute Gasteiger partial charge is 0.343 e. The molecule has 1 aromatic rings. The van der Waals surface area contributed by atoms with E-state index in [4.69, 9.17) is 0 Å². The Morgan fingerprint density at radius 2 is 1.79 bits per heavy atom. The molecule has 0 saturated carbocycles. The highest BCUT2D eigenvalue weighted by Crippen LogP contribution is 2.37. The molecule has 0 N–H and O–H groups in total. The van der Waals surface area contributed by atoms with E-state index in [9.17, 15) is 8.78 Å². The van der Waals surface area contributed by atoms with Crippen molar-refractivity contribution in [2.24, 2.45) is 0 Å². The van der Waals surface area contributed by atoms with Crippen LogP contribution >= 0.6 is 0 Å². The van der Waals surface area contributed by atoms with E-state index in [1.165, 1.54) is 0 Å². The number of hydrogen-bond donors (Lipinski definition) is 0. The van der Waals surface area contributed by atoms with Crippen molar-refractivity contribution in [3.8, 4) is 0 Å². The van der Waals surface area contributed by atoms with Gasteiger partial charge in [-0.15, -0.1) is 5.10 Å². The molecule has 3 nitrogen and oxygen atoms in total. The molecule has 0 atom stereocenters. The zero-order chi connectivity index (χ0) is 14.4. The standard InChI is InChI=1S/C14H21F2N3/c1-9(2)11-6-10(13(3,4)5)12(18-17-11)19-7-14(15,16)8-19/h6,9H,7-8H2,1-5H3. The van der Waals surface area contributed by atoms with Crippen molar-refractivity contribution in [1.29, 1.82) is 0 Å². The van der Waals surface area contributed by atoms with E-state index in [-0.39, 0.29) is 24.4 Å². The molecule has 5 heteroatoms. The minimum atomic E-state index is -2.59. The molecule has 2 rings (SSSR count). The second-order valence-corrected chi connectivity index (χ2v) is 6.62. The average Bonchev–Trinajstić information content (AvgIpc) is 2.23. The Bertz CT molecular complexity index is 470. The van der Waals surface area contributed by atoms with Crippen LogP contribution < -0.4 is 4.90 Å². The topological polar surface area (TPSA) is 29.0 Å². The van der Waals surface area contributed by atoms with Crippen LogP contribution in [0, 0.1) is 0 Å². The van der Waals surface area contributed by atoms with Crippen LogP contribution in [0.5, 0.6) is 0 Å². The maximum absolute atomic E-state index is 13.0. The van der Waals surface area contributed by atoms with Gasteiger partial charge in [0.05, 0.1) is 18.8 Å². The molecule has 0 unspecified atom stereocenters. The van der Waals surface area contributed by atoms with Crippen molar-refractivity contribution in [3.63, 3.8) is 0 Å². The lowest BCUT2D eigenvalue weighted by Crippen LogP contribution is -2.57. The Morgan fingerprint density at radius 1 is 1.21 bits per heavy atom. The van der Waals surface area contributed by atoms with E-state index in [1.807, 2.05) is 19.9 Å². The van der Waals surface area contributed by atoms with Gasteiger partial charge in [-0.25, -0.2) is 8.78 Å². The lowest BCUT2D eigenvalue weighted by atomic mass is 9.85. The molecule has 1 saturated heterocycles. The molecule has 0 radical (unpaired) electrons. The van der Waals surface area contributed by atoms with Gasteiger partial charge < -0.3 is 4.90 Å². The molecule has 0 spiro atoms. The monoisotopic (exact) mass is 269 g/mol. The van der Waals surface area contributed by atoms with E-state index in [2.05, 4.69) is 31.0 Å². The third-order valence-electron chi connectivity index (χ3n) is 3.34. The van der Waals surface area contributed by atoms with Crippen LogP contribution in [0.15, 0.2) is 6.07 Å². The van der Waals surface area contributed by atoms with Crippen molar-refractivity contribution in [3.05, 3.63) is 17.3 Å². The summed E-state index contributed by atoms with van der Waals surface area (Å²) in [6, 6.07) is 2.00. The summed E-state index contributed by atoms with van der Waals surface area (Å²) in [6.07, 6.45) is 0. The van der Waals surface area contributed by atoms with Crippen LogP contribution in [0.4, 0.5) is 14.6 Å². The molecule has 0 aromatic carbocycles. The van der Waals surface area contributed by atoms with Gasteiger partial charge in [-0.2, -0.15) is 5.10 Å². The summed E-state index contributed by atoms with van der Waals surface area (Å²) >= 11 is 0. The molecule has 0 amide bonds. The first kappa shape index (κ1) is 14.2. The first-order valence-electron chi connectivity index (χ1n) is 6.61. The van der Waals surface area contributed by atoms with Crippen LogP contribution in [0.25, 0.3) is 0 Å². The highest BCUT2D eigenvalue weighted by atomic mass is 19.3. The number of aromatic nitrogens is 2. The molecule has 106 valence electrons. The van der Waals surface area contributed by atoms with E-state index in [1.54, 1.807) is 4.90 Å². The van der Waals surface area contributed by atoms with Crippen molar-refractivity contribution in [2.75, 3.05) is 18.0 Å². The molecule has 19 heavy (non-hydrogen) atoms.